The van der Waals surface area contributed by atoms with Crippen molar-refractivity contribution < 1.29 is 9.26 Å². The molecule has 1 aliphatic heterocycles. The van der Waals surface area contributed by atoms with Gasteiger partial charge in [0.2, 0.25) is 5.89 Å². The Balaban J connectivity index is 0.00000289. The molecule has 2 aromatic carbocycles. The highest BCUT2D eigenvalue weighted by atomic mass is 35.5. The summed E-state index contributed by atoms with van der Waals surface area (Å²) in [4.78, 5) is 7.28. The van der Waals surface area contributed by atoms with Crippen LogP contribution >= 0.6 is 24.0 Å². The minimum absolute atomic E-state index is 0. The van der Waals surface area contributed by atoms with Crippen LogP contribution in [0.4, 0.5) is 0 Å². The monoisotopic (exact) mass is 516 g/mol. The van der Waals surface area contributed by atoms with E-state index in [0.717, 1.165) is 55.6 Å². The number of likely N-dealkylation sites (tertiary alicyclic amines) is 1. The van der Waals surface area contributed by atoms with E-state index in [-0.39, 0.29) is 17.8 Å². The zero-order valence-corrected chi connectivity index (χ0v) is 21.8. The Bertz CT molecular complexity index is 1080. The van der Waals surface area contributed by atoms with Gasteiger partial charge in [-0.1, -0.05) is 53.5 Å². The summed E-state index contributed by atoms with van der Waals surface area (Å²) in [5.74, 6) is 3.05. The molecule has 1 saturated heterocycles. The number of para-hydroxylation sites is 1. The maximum absolute atomic E-state index is 6.08. The molecule has 3 aromatic rings. The van der Waals surface area contributed by atoms with Gasteiger partial charge in [0.15, 0.2) is 5.82 Å². The molecule has 188 valence electrons. The number of methoxy groups -OCH3 is 1. The second kappa shape index (κ2) is 11.7. The molecule has 0 amide bonds. The second-order valence-corrected chi connectivity index (χ2v) is 9.93. The first kappa shape index (κ1) is 26.0. The van der Waals surface area contributed by atoms with Gasteiger partial charge >= 0.3 is 0 Å². The summed E-state index contributed by atoms with van der Waals surface area (Å²) in [5, 5.41) is 8.58. The molecule has 6 nitrogen and oxygen atoms in total. The summed E-state index contributed by atoms with van der Waals surface area (Å²) in [5.41, 5.74) is 2.44. The van der Waals surface area contributed by atoms with Crippen LogP contribution in [0.3, 0.4) is 0 Å². The molecule has 1 N–H and O–H groups in total. The highest BCUT2D eigenvalue weighted by Gasteiger charge is 2.44. The first-order chi connectivity index (χ1) is 16.7. The maximum Gasteiger partial charge on any atom is 0.240 e. The van der Waals surface area contributed by atoms with Crippen molar-refractivity contribution >= 4 is 24.0 Å². The summed E-state index contributed by atoms with van der Waals surface area (Å²) in [7, 11) is 1.76. The second-order valence-electron chi connectivity index (χ2n) is 9.49. The minimum Gasteiger partial charge on any atom is -0.496 e. The van der Waals surface area contributed by atoms with Crippen molar-refractivity contribution in [3.63, 3.8) is 0 Å². The fourth-order valence-electron chi connectivity index (χ4n) is 5.37. The summed E-state index contributed by atoms with van der Waals surface area (Å²) >= 11 is 6.08. The van der Waals surface area contributed by atoms with Crippen LogP contribution in [0.2, 0.25) is 5.02 Å². The third-order valence-corrected chi connectivity index (χ3v) is 7.80. The van der Waals surface area contributed by atoms with Gasteiger partial charge in [0, 0.05) is 18.1 Å². The van der Waals surface area contributed by atoms with E-state index in [9.17, 15) is 0 Å². The van der Waals surface area contributed by atoms with E-state index in [0.29, 0.717) is 18.4 Å². The average Bonchev–Trinajstić information content (AvgIpc) is 3.31. The number of benzene rings is 2. The number of halogens is 2. The van der Waals surface area contributed by atoms with Crippen molar-refractivity contribution in [2.24, 2.45) is 0 Å². The number of piperidine rings is 1. The van der Waals surface area contributed by atoms with Crippen LogP contribution in [0.25, 0.3) is 0 Å². The third-order valence-electron chi connectivity index (χ3n) is 7.55. The van der Waals surface area contributed by atoms with E-state index < -0.39 is 0 Å². The van der Waals surface area contributed by atoms with Gasteiger partial charge in [-0.2, -0.15) is 4.98 Å². The van der Waals surface area contributed by atoms with Gasteiger partial charge in [0.05, 0.1) is 19.1 Å². The van der Waals surface area contributed by atoms with Gasteiger partial charge in [-0.05, 0) is 74.0 Å². The van der Waals surface area contributed by atoms with Crippen LogP contribution in [0.5, 0.6) is 5.75 Å². The normalized spacial score (nSPS) is 18.0. The van der Waals surface area contributed by atoms with Crippen LogP contribution in [0.1, 0.15) is 60.9 Å². The molecule has 0 radical (unpaired) electrons. The highest BCUT2D eigenvalue weighted by Crippen LogP contribution is 2.47. The number of hydrogen-bond donors (Lipinski definition) is 1. The molecule has 1 aliphatic carbocycles. The number of hydrogen-bond acceptors (Lipinski definition) is 6. The van der Waals surface area contributed by atoms with Gasteiger partial charge in [0.25, 0.3) is 0 Å². The highest BCUT2D eigenvalue weighted by molar-refractivity contribution is 6.30. The third kappa shape index (κ3) is 5.67. The van der Waals surface area contributed by atoms with Crippen molar-refractivity contribution in [2.45, 2.75) is 50.0 Å². The molecule has 5 rings (SSSR count). The molecule has 1 aromatic heterocycles. The first-order valence-corrected chi connectivity index (χ1v) is 12.7. The summed E-state index contributed by atoms with van der Waals surface area (Å²) < 4.78 is 11.2. The number of aromatic nitrogens is 2. The molecule has 2 aliphatic rings. The molecule has 1 saturated carbocycles. The smallest absolute Gasteiger partial charge is 0.240 e. The van der Waals surface area contributed by atoms with Crippen molar-refractivity contribution in [3.05, 3.63) is 76.4 Å². The molecule has 0 bridgehead atoms. The van der Waals surface area contributed by atoms with Crippen LogP contribution in [-0.4, -0.2) is 48.3 Å². The molecule has 2 fully saturated rings. The maximum atomic E-state index is 6.08. The standard InChI is InChI=1S/C27H33ClN4O2.ClH/c1-33-24-6-3-2-5-23(24)20-11-16-32(17-12-20)18-15-29-19-25-30-26(31-34-25)27(13-4-14-27)21-7-9-22(28)10-8-21;/h2-3,5-10,20,29H,4,11-19H2,1H3;1H. The van der Waals surface area contributed by atoms with Crippen LogP contribution in [0.15, 0.2) is 53.1 Å². The first-order valence-electron chi connectivity index (χ1n) is 12.3. The lowest BCUT2D eigenvalue weighted by Crippen LogP contribution is -2.38. The zero-order chi connectivity index (χ0) is 23.4. The van der Waals surface area contributed by atoms with Crippen molar-refractivity contribution in [3.8, 4) is 5.75 Å². The van der Waals surface area contributed by atoms with E-state index in [1.165, 1.54) is 30.4 Å². The van der Waals surface area contributed by atoms with Crippen LogP contribution < -0.4 is 10.1 Å². The fourth-order valence-corrected chi connectivity index (χ4v) is 5.49. The predicted octanol–water partition coefficient (Wildman–Crippen LogP) is 5.59. The Morgan fingerprint density at radius 3 is 2.54 bits per heavy atom. The number of nitrogens with one attached hydrogen (secondary N) is 1. The van der Waals surface area contributed by atoms with Crippen molar-refractivity contribution in [2.75, 3.05) is 33.3 Å². The van der Waals surface area contributed by atoms with E-state index in [1.54, 1.807) is 7.11 Å². The number of ether oxygens (including phenoxy) is 1. The topological polar surface area (TPSA) is 63.4 Å². The Hall–Kier alpha value is -2.12. The predicted molar refractivity (Wildman–Crippen MR) is 141 cm³/mol. The number of rotatable bonds is 9. The molecule has 2 heterocycles. The molecular formula is C27H34Cl2N4O2. The molecule has 0 spiro atoms. The lowest BCUT2D eigenvalue weighted by Gasteiger charge is -2.39. The van der Waals surface area contributed by atoms with E-state index in [1.807, 2.05) is 18.2 Å². The van der Waals surface area contributed by atoms with Crippen molar-refractivity contribution in [1.82, 2.24) is 20.4 Å². The van der Waals surface area contributed by atoms with E-state index in [2.05, 4.69) is 45.7 Å². The Morgan fingerprint density at radius 1 is 1.11 bits per heavy atom. The number of nitrogens with zero attached hydrogens (tertiary/aromatic N) is 3. The van der Waals surface area contributed by atoms with Gasteiger partial charge < -0.3 is 19.5 Å². The molecule has 0 unspecified atom stereocenters. The van der Waals surface area contributed by atoms with Crippen molar-refractivity contribution in [1.29, 1.82) is 0 Å². The summed E-state index contributed by atoms with van der Waals surface area (Å²) in [6.45, 7) is 4.74. The van der Waals surface area contributed by atoms with Gasteiger partial charge in [0.1, 0.15) is 5.75 Å². The van der Waals surface area contributed by atoms with Gasteiger partial charge in [-0.25, -0.2) is 0 Å². The Labute approximate surface area is 218 Å². The molecule has 8 heteroatoms. The van der Waals surface area contributed by atoms with Crippen LogP contribution in [-0.2, 0) is 12.0 Å². The zero-order valence-electron chi connectivity index (χ0n) is 20.2. The van der Waals surface area contributed by atoms with E-state index >= 15 is 0 Å². The summed E-state index contributed by atoms with van der Waals surface area (Å²) in [6, 6.07) is 16.5. The summed E-state index contributed by atoms with van der Waals surface area (Å²) in [6.07, 6.45) is 5.61. The quantitative estimate of drug-likeness (QED) is 0.374. The Kier molecular flexibility index (Phi) is 8.71. The van der Waals surface area contributed by atoms with Gasteiger partial charge in [-0.15, -0.1) is 12.4 Å². The lowest BCUT2D eigenvalue weighted by atomic mass is 9.64. The molecule has 35 heavy (non-hydrogen) atoms. The molecular weight excluding hydrogens is 483 g/mol. The van der Waals surface area contributed by atoms with Crippen LogP contribution in [0, 0.1) is 0 Å². The minimum atomic E-state index is -0.127. The fraction of sp³-hybridized carbons (Fsp3) is 0.481. The largest absolute Gasteiger partial charge is 0.496 e. The Morgan fingerprint density at radius 2 is 1.86 bits per heavy atom. The lowest BCUT2D eigenvalue weighted by molar-refractivity contribution is 0.210. The van der Waals surface area contributed by atoms with E-state index in [4.69, 9.17) is 25.8 Å². The average molecular weight is 518 g/mol. The molecule has 0 atom stereocenters. The van der Waals surface area contributed by atoms with Gasteiger partial charge in [-0.3, -0.25) is 0 Å². The SMILES string of the molecule is COc1ccccc1C1CCN(CCNCc2nc(C3(c4ccc(Cl)cc4)CCC3)no2)CC1.Cl.